The molecule has 0 radical (unpaired) electrons. The van der Waals surface area contributed by atoms with Crippen molar-refractivity contribution >= 4 is 40.2 Å². The minimum Gasteiger partial charge on any atom is -0.456 e. The normalized spacial score (nSPS) is 18.0. The number of benzene rings is 3. The summed E-state index contributed by atoms with van der Waals surface area (Å²) >= 11 is 0. The van der Waals surface area contributed by atoms with Crippen molar-refractivity contribution in [2.75, 3.05) is 5.73 Å². The van der Waals surface area contributed by atoms with Gasteiger partial charge in [0.1, 0.15) is 11.2 Å². The minimum absolute atomic E-state index is 0.416. The van der Waals surface area contributed by atoms with E-state index in [1.807, 2.05) is 76.2 Å². The Morgan fingerprint density at radius 2 is 1.34 bits per heavy atom. The van der Waals surface area contributed by atoms with E-state index in [9.17, 15) is 0 Å². The van der Waals surface area contributed by atoms with Gasteiger partial charge >= 0.3 is 7.12 Å². The molecule has 29 heavy (non-hydrogen) atoms. The minimum atomic E-state index is -0.500. The molecular weight excluding hydrogens is 361 g/mol. The molecule has 0 amide bonds. The quantitative estimate of drug-likeness (QED) is 0.384. The highest BCUT2D eigenvalue weighted by Gasteiger charge is 2.52. The first kappa shape index (κ1) is 18.3. The molecule has 0 unspecified atom stereocenters. The molecule has 0 atom stereocenters. The standard InChI is InChI=1S/C24H24BNO3/c1-23(2)24(3,4)29-25(28-23)18-12-7-11-16(22(18)26)15-10-8-14-20-21(15)17-9-5-6-13-19(17)27-20/h5-14H,26H2,1-4H3. The lowest BCUT2D eigenvalue weighted by molar-refractivity contribution is 0.00578. The van der Waals surface area contributed by atoms with Crippen LogP contribution in [-0.4, -0.2) is 18.3 Å². The van der Waals surface area contributed by atoms with Gasteiger partial charge in [-0.15, -0.1) is 0 Å². The lowest BCUT2D eigenvalue weighted by Crippen LogP contribution is -2.41. The monoisotopic (exact) mass is 385 g/mol. The van der Waals surface area contributed by atoms with Gasteiger partial charge in [0.2, 0.25) is 0 Å². The van der Waals surface area contributed by atoms with Crippen molar-refractivity contribution in [2.24, 2.45) is 0 Å². The van der Waals surface area contributed by atoms with Crippen molar-refractivity contribution in [3.8, 4) is 11.1 Å². The molecule has 1 aromatic heterocycles. The molecule has 0 spiro atoms. The summed E-state index contributed by atoms with van der Waals surface area (Å²) < 4.78 is 18.5. The third kappa shape index (κ3) is 2.69. The van der Waals surface area contributed by atoms with E-state index in [2.05, 4.69) is 12.1 Å². The molecule has 2 N–H and O–H groups in total. The summed E-state index contributed by atoms with van der Waals surface area (Å²) in [7, 11) is -0.500. The highest BCUT2D eigenvalue weighted by molar-refractivity contribution is 6.64. The van der Waals surface area contributed by atoms with Crippen LogP contribution in [0.5, 0.6) is 0 Å². The Bertz CT molecular complexity index is 1230. The fourth-order valence-corrected chi connectivity index (χ4v) is 3.99. The van der Waals surface area contributed by atoms with Gasteiger partial charge in [0.05, 0.1) is 11.2 Å². The Morgan fingerprint density at radius 3 is 2.10 bits per heavy atom. The van der Waals surface area contributed by atoms with Crippen LogP contribution < -0.4 is 11.2 Å². The van der Waals surface area contributed by atoms with Gasteiger partial charge < -0.3 is 19.5 Å². The molecule has 0 bridgehead atoms. The Kier molecular flexibility index (Phi) is 3.86. The molecule has 0 aliphatic carbocycles. The average Bonchev–Trinajstić information content (AvgIpc) is 3.15. The lowest BCUT2D eigenvalue weighted by Gasteiger charge is -2.32. The molecular formula is C24H24BNO3. The van der Waals surface area contributed by atoms with Gasteiger partial charge in [0.15, 0.2) is 0 Å². The highest BCUT2D eigenvalue weighted by Crippen LogP contribution is 2.40. The zero-order valence-electron chi connectivity index (χ0n) is 17.2. The second kappa shape index (κ2) is 6.12. The third-order valence-electron chi connectivity index (χ3n) is 6.34. The second-order valence-corrected chi connectivity index (χ2v) is 8.67. The Morgan fingerprint density at radius 1 is 0.724 bits per heavy atom. The molecule has 3 aromatic carbocycles. The Labute approximate surface area is 170 Å². The van der Waals surface area contributed by atoms with E-state index in [0.29, 0.717) is 5.69 Å². The molecule has 4 nitrogen and oxygen atoms in total. The number of hydrogen-bond donors (Lipinski definition) is 1. The zero-order chi connectivity index (χ0) is 20.4. The van der Waals surface area contributed by atoms with Gasteiger partial charge in [-0.1, -0.05) is 48.5 Å². The summed E-state index contributed by atoms with van der Waals surface area (Å²) in [5.74, 6) is 0. The molecule has 5 rings (SSSR count). The fraction of sp³-hybridized carbons (Fsp3) is 0.250. The van der Waals surface area contributed by atoms with Crippen LogP contribution in [0, 0.1) is 0 Å². The average molecular weight is 385 g/mol. The lowest BCUT2D eigenvalue weighted by atomic mass is 9.76. The molecule has 1 aliphatic rings. The molecule has 1 fully saturated rings. The number of nitrogen functional groups attached to an aromatic ring is 1. The van der Waals surface area contributed by atoms with Crippen molar-refractivity contribution < 1.29 is 13.7 Å². The summed E-state index contributed by atoms with van der Waals surface area (Å²) in [5.41, 5.74) is 11.1. The van der Waals surface area contributed by atoms with Gasteiger partial charge in [-0.2, -0.15) is 0 Å². The van der Waals surface area contributed by atoms with Crippen molar-refractivity contribution in [3.05, 3.63) is 60.7 Å². The van der Waals surface area contributed by atoms with Crippen LogP contribution in [0.15, 0.2) is 65.1 Å². The van der Waals surface area contributed by atoms with Crippen LogP contribution in [0.2, 0.25) is 0 Å². The van der Waals surface area contributed by atoms with Gasteiger partial charge in [-0.05, 0) is 45.4 Å². The zero-order valence-corrected chi connectivity index (χ0v) is 17.2. The number of para-hydroxylation sites is 2. The van der Waals surface area contributed by atoms with Crippen molar-refractivity contribution in [3.63, 3.8) is 0 Å². The molecule has 5 heteroatoms. The SMILES string of the molecule is CC1(C)OB(c2cccc(-c3cccc4oc5ccccc5c34)c2N)OC1(C)C. The van der Waals surface area contributed by atoms with E-state index in [0.717, 1.165) is 38.5 Å². The van der Waals surface area contributed by atoms with Crippen molar-refractivity contribution in [1.82, 2.24) is 0 Å². The third-order valence-corrected chi connectivity index (χ3v) is 6.34. The van der Waals surface area contributed by atoms with E-state index >= 15 is 0 Å². The molecule has 146 valence electrons. The summed E-state index contributed by atoms with van der Waals surface area (Å²) in [4.78, 5) is 0. The van der Waals surface area contributed by atoms with Crippen LogP contribution in [0.1, 0.15) is 27.7 Å². The van der Waals surface area contributed by atoms with Crippen LogP contribution in [0.4, 0.5) is 5.69 Å². The molecule has 0 saturated carbocycles. The number of nitrogens with two attached hydrogens (primary N) is 1. The fourth-order valence-electron chi connectivity index (χ4n) is 3.99. The van der Waals surface area contributed by atoms with Crippen molar-refractivity contribution in [2.45, 2.75) is 38.9 Å². The summed E-state index contributed by atoms with van der Waals surface area (Å²) in [6.45, 7) is 8.19. The van der Waals surface area contributed by atoms with Gasteiger partial charge in [-0.3, -0.25) is 0 Å². The van der Waals surface area contributed by atoms with E-state index < -0.39 is 18.3 Å². The molecule has 2 heterocycles. The van der Waals surface area contributed by atoms with Crippen LogP contribution in [-0.2, 0) is 9.31 Å². The first-order valence-electron chi connectivity index (χ1n) is 9.93. The molecule has 4 aromatic rings. The number of anilines is 1. The number of fused-ring (bicyclic) bond motifs is 3. The van der Waals surface area contributed by atoms with Crippen molar-refractivity contribution in [1.29, 1.82) is 0 Å². The van der Waals surface area contributed by atoms with Crippen LogP contribution >= 0.6 is 0 Å². The topological polar surface area (TPSA) is 57.6 Å². The number of hydrogen-bond acceptors (Lipinski definition) is 4. The summed E-state index contributed by atoms with van der Waals surface area (Å²) in [5, 5.41) is 2.15. The summed E-state index contributed by atoms with van der Waals surface area (Å²) in [6.07, 6.45) is 0. The highest BCUT2D eigenvalue weighted by atomic mass is 16.7. The van der Waals surface area contributed by atoms with Gasteiger partial charge in [0.25, 0.3) is 0 Å². The molecule has 1 saturated heterocycles. The maximum absolute atomic E-state index is 6.69. The summed E-state index contributed by atoms with van der Waals surface area (Å²) in [6, 6.07) is 20.2. The number of furan rings is 1. The Hall–Kier alpha value is -2.76. The van der Waals surface area contributed by atoms with E-state index in [4.69, 9.17) is 19.5 Å². The molecule has 1 aliphatic heterocycles. The smallest absolute Gasteiger partial charge is 0.456 e. The van der Waals surface area contributed by atoms with E-state index in [1.165, 1.54) is 0 Å². The van der Waals surface area contributed by atoms with E-state index in [-0.39, 0.29) is 0 Å². The van der Waals surface area contributed by atoms with Crippen LogP contribution in [0.25, 0.3) is 33.1 Å². The predicted molar refractivity (Wildman–Crippen MR) is 119 cm³/mol. The number of rotatable bonds is 2. The largest absolute Gasteiger partial charge is 0.496 e. The second-order valence-electron chi connectivity index (χ2n) is 8.67. The first-order valence-corrected chi connectivity index (χ1v) is 9.93. The van der Waals surface area contributed by atoms with Gasteiger partial charge in [-0.25, -0.2) is 0 Å². The first-order chi connectivity index (χ1) is 13.8. The maximum Gasteiger partial charge on any atom is 0.496 e. The maximum atomic E-state index is 6.69. The van der Waals surface area contributed by atoms with Crippen LogP contribution in [0.3, 0.4) is 0 Å². The van der Waals surface area contributed by atoms with E-state index in [1.54, 1.807) is 0 Å². The predicted octanol–water partition coefficient (Wildman–Crippen LogP) is 5.13. The van der Waals surface area contributed by atoms with Gasteiger partial charge in [0, 0.05) is 27.5 Å². The Balaban J connectivity index is 1.69.